The second-order valence-electron chi connectivity index (χ2n) is 5.32. The smallest absolute Gasteiger partial charge is 0.281 e. The molecule has 7 nitrogen and oxygen atoms in total. The molecule has 0 fully saturated rings. The first-order valence-corrected chi connectivity index (χ1v) is 7.44. The van der Waals surface area contributed by atoms with Crippen LogP contribution in [-0.4, -0.2) is 25.9 Å². The van der Waals surface area contributed by atoms with Gasteiger partial charge in [-0.25, -0.2) is 4.68 Å². The number of carbonyl (C=O) groups excluding carboxylic acids is 1. The zero-order valence-electron chi connectivity index (χ0n) is 12.9. The molecule has 0 aliphatic rings. The summed E-state index contributed by atoms with van der Waals surface area (Å²) in [5.41, 5.74) is 0.0331. The number of hydrogen-bond acceptors (Lipinski definition) is 4. The molecular formula is C16H17N5O2. The van der Waals surface area contributed by atoms with Gasteiger partial charge in [0.2, 0.25) is 5.43 Å². The monoisotopic (exact) mass is 311 g/mol. The lowest BCUT2D eigenvalue weighted by molar-refractivity contribution is 0.101. The summed E-state index contributed by atoms with van der Waals surface area (Å²) in [6.07, 6.45) is 2.49. The largest absolute Gasteiger partial charge is 0.305 e. The van der Waals surface area contributed by atoms with Crippen molar-refractivity contribution in [1.29, 1.82) is 0 Å². The Hall–Kier alpha value is -2.96. The van der Waals surface area contributed by atoms with Crippen LogP contribution in [0.4, 0.5) is 5.82 Å². The van der Waals surface area contributed by atoms with Crippen molar-refractivity contribution in [1.82, 2.24) is 20.0 Å². The highest BCUT2D eigenvalue weighted by Gasteiger charge is 2.17. The van der Waals surface area contributed by atoms with Crippen molar-refractivity contribution in [2.75, 3.05) is 5.32 Å². The molecule has 1 atom stereocenters. The van der Waals surface area contributed by atoms with E-state index in [9.17, 15) is 9.59 Å². The molecular weight excluding hydrogens is 294 g/mol. The van der Waals surface area contributed by atoms with Gasteiger partial charge in [0.25, 0.3) is 5.91 Å². The maximum absolute atomic E-state index is 12.4. The maximum atomic E-state index is 12.4. The van der Waals surface area contributed by atoms with Gasteiger partial charge in [0.1, 0.15) is 5.82 Å². The highest BCUT2D eigenvalue weighted by molar-refractivity contribution is 6.03. The molecule has 118 valence electrons. The van der Waals surface area contributed by atoms with Crippen molar-refractivity contribution in [3.63, 3.8) is 0 Å². The number of H-pyrrole nitrogens is 1. The summed E-state index contributed by atoms with van der Waals surface area (Å²) in [6.45, 7) is 4.04. The molecule has 0 spiro atoms. The van der Waals surface area contributed by atoms with Gasteiger partial charge in [0.15, 0.2) is 5.69 Å². The van der Waals surface area contributed by atoms with Crippen molar-refractivity contribution < 1.29 is 4.79 Å². The Morgan fingerprint density at radius 3 is 2.91 bits per heavy atom. The molecule has 0 saturated carbocycles. The predicted octanol–water partition coefficient (Wildman–Crippen LogP) is 2.34. The Bertz CT molecular complexity index is 912. The summed E-state index contributed by atoms with van der Waals surface area (Å²) >= 11 is 0. The highest BCUT2D eigenvalue weighted by atomic mass is 16.2. The number of nitrogens with one attached hydrogen (secondary N) is 2. The van der Waals surface area contributed by atoms with E-state index in [0.29, 0.717) is 16.7 Å². The van der Waals surface area contributed by atoms with Gasteiger partial charge < -0.3 is 5.32 Å². The SMILES string of the molecule is CC[C@H](C)n1nccc1NC(=O)c1n[nH]c2ccccc2c1=O. The molecule has 0 bridgehead atoms. The predicted molar refractivity (Wildman–Crippen MR) is 87.5 cm³/mol. The van der Waals surface area contributed by atoms with Crippen LogP contribution < -0.4 is 10.7 Å². The summed E-state index contributed by atoms with van der Waals surface area (Å²) in [7, 11) is 0. The van der Waals surface area contributed by atoms with E-state index in [4.69, 9.17) is 0 Å². The van der Waals surface area contributed by atoms with Gasteiger partial charge in [-0.05, 0) is 25.5 Å². The normalized spacial score (nSPS) is 12.3. The van der Waals surface area contributed by atoms with Gasteiger partial charge in [-0.1, -0.05) is 19.1 Å². The van der Waals surface area contributed by atoms with Crippen LogP contribution in [0.5, 0.6) is 0 Å². The number of fused-ring (bicyclic) bond motifs is 1. The number of aromatic nitrogens is 4. The first kappa shape index (κ1) is 15.0. The van der Waals surface area contributed by atoms with Crippen LogP contribution in [-0.2, 0) is 0 Å². The Labute approximate surface area is 132 Å². The van der Waals surface area contributed by atoms with Crippen LogP contribution in [0.15, 0.2) is 41.3 Å². The van der Waals surface area contributed by atoms with Gasteiger partial charge in [0, 0.05) is 11.5 Å². The lowest BCUT2D eigenvalue weighted by Crippen LogP contribution is -2.25. The Kier molecular flexibility index (Phi) is 3.92. The minimum atomic E-state index is -0.554. The molecule has 3 aromatic rings. The van der Waals surface area contributed by atoms with Gasteiger partial charge in [0.05, 0.1) is 17.8 Å². The summed E-state index contributed by atoms with van der Waals surface area (Å²) < 4.78 is 1.72. The molecule has 2 N–H and O–H groups in total. The summed E-state index contributed by atoms with van der Waals surface area (Å²) in [6, 6.07) is 8.78. The third-order valence-corrected chi connectivity index (χ3v) is 3.81. The number of carbonyl (C=O) groups is 1. The quantitative estimate of drug-likeness (QED) is 0.773. The minimum absolute atomic E-state index is 0.142. The number of hydrogen-bond donors (Lipinski definition) is 2. The fourth-order valence-corrected chi connectivity index (χ4v) is 2.34. The molecule has 1 amide bonds. The third kappa shape index (κ3) is 2.73. The van der Waals surface area contributed by atoms with Crippen molar-refractivity contribution in [3.8, 4) is 0 Å². The number of benzene rings is 1. The zero-order valence-corrected chi connectivity index (χ0v) is 12.9. The number of amides is 1. The summed E-state index contributed by atoms with van der Waals surface area (Å²) in [5, 5.41) is 14.0. The summed E-state index contributed by atoms with van der Waals surface area (Å²) in [5.74, 6) is -0.0132. The number of aromatic amines is 1. The van der Waals surface area contributed by atoms with E-state index < -0.39 is 11.3 Å². The average Bonchev–Trinajstić information content (AvgIpc) is 3.02. The third-order valence-electron chi connectivity index (χ3n) is 3.81. The van der Waals surface area contributed by atoms with Gasteiger partial charge in [-0.15, -0.1) is 0 Å². The molecule has 0 unspecified atom stereocenters. The van der Waals surface area contributed by atoms with Crippen LogP contribution in [0.3, 0.4) is 0 Å². The van der Waals surface area contributed by atoms with Crippen LogP contribution in [0.2, 0.25) is 0 Å². The number of rotatable bonds is 4. The van der Waals surface area contributed by atoms with Crippen LogP contribution in [0.1, 0.15) is 36.8 Å². The molecule has 7 heteroatoms. The number of nitrogens with zero attached hydrogens (tertiary/aromatic N) is 3. The second-order valence-corrected chi connectivity index (χ2v) is 5.32. The zero-order chi connectivity index (χ0) is 16.4. The van der Waals surface area contributed by atoms with E-state index in [1.807, 2.05) is 13.8 Å². The van der Waals surface area contributed by atoms with Crippen molar-refractivity contribution in [3.05, 3.63) is 52.4 Å². The molecule has 0 aliphatic heterocycles. The van der Waals surface area contributed by atoms with Crippen LogP contribution in [0.25, 0.3) is 10.9 Å². The fraction of sp³-hybridized carbons (Fsp3) is 0.250. The van der Waals surface area contributed by atoms with E-state index in [1.54, 1.807) is 41.2 Å². The fourth-order valence-electron chi connectivity index (χ4n) is 2.34. The molecule has 1 aromatic carbocycles. The first-order valence-electron chi connectivity index (χ1n) is 7.44. The second kappa shape index (κ2) is 6.04. The number of anilines is 1. The minimum Gasteiger partial charge on any atom is -0.305 e. The van der Waals surface area contributed by atoms with Crippen molar-refractivity contribution in [2.45, 2.75) is 26.3 Å². The molecule has 0 radical (unpaired) electrons. The average molecular weight is 311 g/mol. The van der Waals surface area contributed by atoms with E-state index in [-0.39, 0.29) is 11.7 Å². The molecule has 0 saturated heterocycles. The first-order chi connectivity index (χ1) is 11.1. The van der Waals surface area contributed by atoms with E-state index in [1.165, 1.54) is 0 Å². The molecule has 0 aliphatic carbocycles. The van der Waals surface area contributed by atoms with Gasteiger partial charge in [-0.2, -0.15) is 10.2 Å². The number of para-hydroxylation sites is 1. The van der Waals surface area contributed by atoms with E-state index >= 15 is 0 Å². The lowest BCUT2D eigenvalue weighted by atomic mass is 10.2. The standard InChI is InChI=1S/C16H17N5O2/c1-3-10(2)21-13(8-9-17-21)18-16(23)14-15(22)11-6-4-5-7-12(11)19-20-14/h4-10H,3H2,1-2H3,(H,18,23)(H,19,22)/t10-/m0/s1. The molecule has 23 heavy (non-hydrogen) atoms. The Morgan fingerprint density at radius 2 is 2.13 bits per heavy atom. The highest BCUT2D eigenvalue weighted by Crippen LogP contribution is 2.16. The van der Waals surface area contributed by atoms with Crippen LogP contribution in [0, 0.1) is 0 Å². The Balaban J connectivity index is 1.94. The van der Waals surface area contributed by atoms with E-state index in [0.717, 1.165) is 6.42 Å². The van der Waals surface area contributed by atoms with Crippen molar-refractivity contribution in [2.24, 2.45) is 0 Å². The van der Waals surface area contributed by atoms with Gasteiger partial charge >= 0.3 is 0 Å². The molecule has 3 rings (SSSR count). The van der Waals surface area contributed by atoms with E-state index in [2.05, 4.69) is 20.6 Å². The topological polar surface area (TPSA) is 92.7 Å². The molecule has 2 heterocycles. The van der Waals surface area contributed by atoms with Crippen LogP contribution >= 0.6 is 0 Å². The lowest BCUT2D eigenvalue weighted by Gasteiger charge is -2.13. The Morgan fingerprint density at radius 1 is 1.35 bits per heavy atom. The maximum Gasteiger partial charge on any atom is 0.281 e. The van der Waals surface area contributed by atoms with Gasteiger partial charge in [-0.3, -0.25) is 14.7 Å². The summed E-state index contributed by atoms with van der Waals surface area (Å²) in [4.78, 5) is 24.8. The van der Waals surface area contributed by atoms with Crippen molar-refractivity contribution >= 4 is 22.6 Å². The molecule has 2 aromatic heterocycles.